The maximum atomic E-state index is 12.6. The lowest BCUT2D eigenvalue weighted by molar-refractivity contribution is 0.0842. The number of methoxy groups -OCH3 is 1. The number of ether oxygens (including phenoxy) is 2. The van der Waals surface area contributed by atoms with Crippen molar-refractivity contribution in [3.63, 3.8) is 0 Å². The molecule has 0 bridgehead atoms. The Hall–Kier alpha value is -2.49. The van der Waals surface area contributed by atoms with Crippen LogP contribution >= 0.6 is 0 Å². The van der Waals surface area contributed by atoms with Crippen molar-refractivity contribution in [2.45, 2.75) is 26.4 Å². The zero-order valence-corrected chi connectivity index (χ0v) is 12.8. The fourth-order valence-corrected chi connectivity index (χ4v) is 2.94. The summed E-state index contributed by atoms with van der Waals surface area (Å²) in [4.78, 5) is 12.6. The van der Waals surface area contributed by atoms with Gasteiger partial charge < -0.3 is 14.6 Å². The van der Waals surface area contributed by atoms with Crippen molar-refractivity contribution in [3.8, 4) is 17.2 Å². The number of fused-ring (bicyclic) bond motifs is 1. The van der Waals surface area contributed by atoms with Crippen molar-refractivity contribution in [2.24, 2.45) is 0 Å². The van der Waals surface area contributed by atoms with Gasteiger partial charge in [-0.2, -0.15) is 0 Å². The van der Waals surface area contributed by atoms with Crippen LogP contribution in [0.5, 0.6) is 17.2 Å². The smallest absolute Gasteiger partial charge is 0.174 e. The van der Waals surface area contributed by atoms with E-state index in [1.807, 2.05) is 30.3 Å². The number of carbonyl (C=O) groups excluding carboxylic acids is 1. The SMILES string of the molecule is COc1c(C)c(O)c(C)c2c1C(=O)CC(c1ccccc1)O2. The highest BCUT2D eigenvalue weighted by Crippen LogP contribution is 2.47. The molecule has 1 N–H and O–H groups in total. The molecule has 2 aromatic carbocycles. The Morgan fingerprint density at radius 1 is 1.18 bits per heavy atom. The molecule has 0 saturated heterocycles. The molecule has 2 aromatic rings. The van der Waals surface area contributed by atoms with E-state index < -0.39 is 0 Å². The van der Waals surface area contributed by atoms with Gasteiger partial charge in [0.05, 0.1) is 13.5 Å². The second-order valence-corrected chi connectivity index (χ2v) is 5.48. The van der Waals surface area contributed by atoms with Gasteiger partial charge in [-0.25, -0.2) is 0 Å². The summed E-state index contributed by atoms with van der Waals surface area (Å²) in [5, 5.41) is 10.2. The van der Waals surface area contributed by atoms with Gasteiger partial charge >= 0.3 is 0 Å². The largest absolute Gasteiger partial charge is 0.507 e. The van der Waals surface area contributed by atoms with Gasteiger partial charge in [-0.3, -0.25) is 4.79 Å². The molecule has 4 nitrogen and oxygen atoms in total. The zero-order chi connectivity index (χ0) is 15.9. The Bertz CT molecular complexity index is 735. The lowest BCUT2D eigenvalue weighted by Crippen LogP contribution is -2.22. The molecule has 0 fully saturated rings. The third-order valence-electron chi connectivity index (χ3n) is 4.13. The molecule has 3 rings (SSSR count). The number of hydrogen-bond donors (Lipinski definition) is 1. The van der Waals surface area contributed by atoms with Crippen LogP contribution < -0.4 is 9.47 Å². The summed E-state index contributed by atoms with van der Waals surface area (Å²) in [5.74, 6) is 0.898. The minimum atomic E-state index is -0.341. The van der Waals surface area contributed by atoms with Crippen LogP contribution in [0.4, 0.5) is 0 Å². The number of rotatable bonds is 2. The van der Waals surface area contributed by atoms with Crippen LogP contribution in [-0.4, -0.2) is 18.0 Å². The van der Waals surface area contributed by atoms with Crippen LogP contribution in [0.25, 0.3) is 0 Å². The number of ketones is 1. The first-order valence-corrected chi connectivity index (χ1v) is 7.19. The van der Waals surface area contributed by atoms with Gasteiger partial charge in [0.2, 0.25) is 0 Å². The number of carbonyl (C=O) groups is 1. The van der Waals surface area contributed by atoms with Crippen molar-refractivity contribution < 1.29 is 19.4 Å². The predicted molar refractivity (Wildman–Crippen MR) is 82.9 cm³/mol. The molecule has 1 atom stereocenters. The average molecular weight is 298 g/mol. The van der Waals surface area contributed by atoms with Crippen molar-refractivity contribution >= 4 is 5.78 Å². The van der Waals surface area contributed by atoms with E-state index >= 15 is 0 Å². The van der Waals surface area contributed by atoms with Crippen LogP contribution in [0.15, 0.2) is 30.3 Å². The van der Waals surface area contributed by atoms with E-state index in [4.69, 9.17) is 9.47 Å². The second kappa shape index (κ2) is 5.37. The van der Waals surface area contributed by atoms with E-state index in [2.05, 4.69) is 0 Å². The van der Waals surface area contributed by atoms with Gasteiger partial charge in [-0.05, 0) is 19.4 Å². The Kier molecular flexibility index (Phi) is 3.53. The van der Waals surface area contributed by atoms with E-state index in [9.17, 15) is 9.90 Å². The summed E-state index contributed by atoms with van der Waals surface area (Å²) in [6.07, 6.45) is -0.0801. The van der Waals surface area contributed by atoms with Crippen LogP contribution in [-0.2, 0) is 0 Å². The van der Waals surface area contributed by atoms with Crippen LogP contribution in [0.3, 0.4) is 0 Å². The average Bonchev–Trinajstić information content (AvgIpc) is 2.54. The van der Waals surface area contributed by atoms with Crippen LogP contribution in [0.1, 0.15) is 39.6 Å². The van der Waals surface area contributed by atoms with E-state index in [1.54, 1.807) is 13.8 Å². The highest BCUT2D eigenvalue weighted by molar-refractivity contribution is 6.04. The normalized spacial score (nSPS) is 16.9. The highest BCUT2D eigenvalue weighted by atomic mass is 16.5. The predicted octanol–water partition coefficient (Wildman–Crippen LogP) is 3.72. The molecule has 4 heteroatoms. The number of benzene rings is 2. The summed E-state index contributed by atoms with van der Waals surface area (Å²) in [5.41, 5.74) is 2.51. The monoisotopic (exact) mass is 298 g/mol. The Morgan fingerprint density at radius 2 is 1.86 bits per heavy atom. The molecule has 22 heavy (non-hydrogen) atoms. The molecule has 0 saturated carbocycles. The van der Waals surface area contributed by atoms with Crippen molar-refractivity contribution in [2.75, 3.05) is 7.11 Å². The van der Waals surface area contributed by atoms with Crippen LogP contribution in [0, 0.1) is 13.8 Å². The fourth-order valence-electron chi connectivity index (χ4n) is 2.94. The number of Topliss-reactive ketones (excluding diaryl/α,β-unsaturated/α-hetero) is 1. The van der Waals surface area contributed by atoms with E-state index in [0.29, 0.717) is 28.2 Å². The molecule has 0 aliphatic carbocycles. The lowest BCUT2D eigenvalue weighted by Gasteiger charge is -2.29. The van der Waals surface area contributed by atoms with Gasteiger partial charge in [-0.1, -0.05) is 30.3 Å². The number of phenols is 1. The lowest BCUT2D eigenvalue weighted by atomic mass is 9.91. The van der Waals surface area contributed by atoms with Crippen molar-refractivity contribution in [1.82, 2.24) is 0 Å². The molecule has 1 aliphatic heterocycles. The topological polar surface area (TPSA) is 55.8 Å². The molecule has 0 radical (unpaired) electrons. The molecule has 0 spiro atoms. The Morgan fingerprint density at radius 3 is 2.50 bits per heavy atom. The molecule has 1 aliphatic rings. The third kappa shape index (κ3) is 2.11. The van der Waals surface area contributed by atoms with Gasteiger partial charge in [0, 0.05) is 11.1 Å². The first-order chi connectivity index (χ1) is 10.5. The standard InChI is InChI=1S/C18H18O4/c1-10-16(20)11(2)18-15(17(10)21-3)13(19)9-14(22-18)12-7-5-4-6-8-12/h4-8,14,20H,9H2,1-3H3. The van der Waals surface area contributed by atoms with Gasteiger partial charge in [0.15, 0.2) is 5.78 Å². The molecule has 114 valence electrons. The molecular weight excluding hydrogens is 280 g/mol. The van der Waals surface area contributed by atoms with Crippen molar-refractivity contribution in [1.29, 1.82) is 0 Å². The van der Waals surface area contributed by atoms with E-state index in [-0.39, 0.29) is 24.1 Å². The summed E-state index contributed by atoms with van der Waals surface area (Å²) in [6.45, 7) is 3.49. The van der Waals surface area contributed by atoms with Gasteiger partial charge in [0.1, 0.15) is 28.9 Å². The molecule has 1 heterocycles. The summed E-state index contributed by atoms with van der Waals surface area (Å²) in [7, 11) is 1.49. The van der Waals surface area contributed by atoms with Crippen molar-refractivity contribution in [3.05, 3.63) is 52.6 Å². The fraction of sp³-hybridized carbons (Fsp3) is 0.278. The van der Waals surface area contributed by atoms with Crippen LogP contribution in [0.2, 0.25) is 0 Å². The first-order valence-electron chi connectivity index (χ1n) is 7.19. The quantitative estimate of drug-likeness (QED) is 0.918. The van der Waals surface area contributed by atoms with Gasteiger partial charge in [0.25, 0.3) is 0 Å². The molecule has 1 unspecified atom stereocenters. The highest BCUT2D eigenvalue weighted by Gasteiger charge is 2.34. The minimum Gasteiger partial charge on any atom is -0.507 e. The second-order valence-electron chi connectivity index (χ2n) is 5.48. The van der Waals surface area contributed by atoms with E-state index in [1.165, 1.54) is 7.11 Å². The first kappa shape index (κ1) is 14.4. The maximum absolute atomic E-state index is 12.6. The van der Waals surface area contributed by atoms with Gasteiger partial charge in [-0.15, -0.1) is 0 Å². The molecule has 0 aromatic heterocycles. The Balaban J connectivity index is 2.14. The zero-order valence-electron chi connectivity index (χ0n) is 12.8. The Labute approximate surface area is 129 Å². The number of hydrogen-bond acceptors (Lipinski definition) is 4. The number of aromatic hydroxyl groups is 1. The van der Waals surface area contributed by atoms with E-state index in [0.717, 1.165) is 5.56 Å². The maximum Gasteiger partial charge on any atom is 0.174 e. The minimum absolute atomic E-state index is 0.0295. The molecule has 0 amide bonds. The molecular formula is C18H18O4. The summed E-state index contributed by atoms with van der Waals surface area (Å²) >= 11 is 0. The third-order valence-corrected chi connectivity index (χ3v) is 4.13. The number of phenolic OH excluding ortho intramolecular Hbond substituents is 1. The summed E-state index contributed by atoms with van der Waals surface area (Å²) < 4.78 is 11.4. The summed E-state index contributed by atoms with van der Waals surface area (Å²) in [6, 6.07) is 9.62.